The lowest BCUT2D eigenvalue weighted by Gasteiger charge is -2.12. The van der Waals surface area contributed by atoms with Crippen molar-refractivity contribution in [2.75, 3.05) is 11.1 Å². The molecule has 2 aromatic heterocycles. The van der Waals surface area contributed by atoms with Crippen molar-refractivity contribution in [3.63, 3.8) is 0 Å². The van der Waals surface area contributed by atoms with E-state index in [2.05, 4.69) is 11.9 Å². The maximum Gasteiger partial charge on any atom is 0.263 e. The lowest BCUT2D eigenvalue weighted by molar-refractivity contribution is -0.113. The maximum absolute atomic E-state index is 13.4. The van der Waals surface area contributed by atoms with Gasteiger partial charge >= 0.3 is 0 Å². The predicted molar refractivity (Wildman–Crippen MR) is 135 cm³/mol. The fourth-order valence-corrected chi connectivity index (χ4v) is 5.24. The number of hydrogen-bond acceptors (Lipinski definition) is 5. The van der Waals surface area contributed by atoms with Crippen molar-refractivity contribution in [3.05, 3.63) is 88.0 Å². The van der Waals surface area contributed by atoms with Crippen molar-refractivity contribution in [2.24, 2.45) is 0 Å². The molecular weight excluding hydrogens is 438 g/mol. The number of aryl methyl sites for hydroxylation is 1. The van der Waals surface area contributed by atoms with Gasteiger partial charge < -0.3 is 5.32 Å². The molecule has 2 heterocycles. The molecule has 32 heavy (non-hydrogen) atoms. The Labute approximate surface area is 194 Å². The Balaban J connectivity index is 1.63. The average molecular weight is 462 g/mol. The summed E-state index contributed by atoms with van der Waals surface area (Å²) < 4.78 is 1.59. The molecule has 0 atom stereocenters. The van der Waals surface area contributed by atoms with Crippen LogP contribution in [0.15, 0.2) is 76.5 Å². The number of benzene rings is 2. The van der Waals surface area contributed by atoms with E-state index in [0.717, 1.165) is 27.9 Å². The summed E-state index contributed by atoms with van der Waals surface area (Å²) in [5.41, 5.74) is 4.71. The Morgan fingerprint density at radius 2 is 1.97 bits per heavy atom. The fourth-order valence-electron chi connectivity index (χ4n) is 3.44. The molecule has 0 aliphatic heterocycles. The first-order valence-corrected chi connectivity index (χ1v) is 12.0. The van der Waals surface area contributed by atoms with Gasteiger partial charge in [-0.05, 0) is 36.6 Å². The minimum Gasteiger partial charge on any atom is -0.325 e. The van der Waals surface area contributed by atoms with Crippen LogP contribution < -0.4 is 10.9 Å². The molecule has 1 N–H and O–H groups in total. The van der Waals surface area contributed by atoms with E-state index in [4.69, 9.17) is 4.98 Å². The van der Waals surface area contributed by atoms with Crippen LogP contribution >= 0.6 is 23.1 Å². The van der Waals surface area contributed by atoms with Gasteiger partial charge in [0.15, 0.2) is 5.16 Å². The van der Waals surface area contributed by atoms with Crippen LogP contribution in [0.4, 0.5) is 5.69 Å². The molecule has 0 spiro atoms. The Bertz CT molecular complexity index is 1360. The molecule has 0 saturated carbocycles. The zero-order valence-corrected chi connectivity index (χ0v) is 19.6. The van der Waals surface area contributed by atoms with Crippen LogP contribution in [0.1, 0.15) is 11.1 Å². The molecule has 162 valence electrons. The number of nitrogens with one attached hydrogen (secondary N) is 1. The van der Waals surface area contributed by atoms with Gasteiger partial charge in [0.25, 0.3) is 5.56 Å². The van der Waals surface area contributed by atoms with Gasteiger partial charge in [-0.3, -0.25) is 14.2 Å². The number of thioether (sulfide) groups is 1. The summed E-state index contributed by atoms with van der Waals surface area (Å²) in [5, 5.41) is 6.04. The summed E-state index contributed by atoms with van der Waals surface area (Å²) in [4.78, 5) is 31.4. The van der Waals surface area contributed by atoms with Crippen LogP contribution in [0, 0.1) is 13.8 Å². The van der Waals surface area contributed by atoms with Crippen molar-refractivity contribution in [2.45, 2.75) is 25.5 Å². The molecule has 2 aromatic carbocycles. The van der Waals surface area contributed by atoms with Crippen molar-refractivity contribution in [1.29, 1.82) is 0 Å². The Kier molecular flexibility index (Phi) is 6.58. The number of fused-ring (bicyclic) bond motifs is 1. The number of rotatable bonds is 7. The molecule has 0 saturated heterocycles. The topological polar surface area (TPSA) is 64.0 Å². The number of allylic oxidation sites excluding steroid dienone is 1. The van der Waals surface area contributed by atoms with E-state index in [1.165, 1.54) is 23.1 Å². The molecular formula is C25H23N3O2S2. The van der Waals surface area contributed by atoms with Gasteiger partial charge in [-0.2, -0.15) is 0 Å². The largest absolute Gasteiger partial charge is 0.325 e. The van der Waals surface area contributed by atoms with Gasteiger partial charge in [-0.25, -0.2) is 4.98 Å². The average Bonchev–Trinajstić information content (AvgIpc) is 3.22. The minimum absolute atomic E-state index is 0.118. The lowest BCUT2D eigenvalue weighted by atomic mass is 10.1. The van der Waals surface area contributed by atoms with Gasteiger partial charge in [0.2, 0.25) is 5.91 Å². The second-order valence-electron chi connectivity index (χ2n) is 7.38. The number of carbonyl (C=O) groups excluding carboxylic acids is 1. The van der Waals surface area contributed by atoms with Crippen molar-refractivity contribution >= 4 is 44.9 Å². The van der Waals surface area contributed by atoms with Gasteiger partial charge in [-0.15, -0.1) is 17.9 Å². The van der Waals surface area contributed by atoms with E-state index in [0.29, 0.717) is 21.9 Å². The van der Waals surface area contributed by atoms with E-state index in [9.17, 15) is 9.59 Å². The van der Waals surface area contributed by atoms with E-state index in [-0.39, 0.29) is 17.2 Å². The smallest absolute Gasteiger partial charge is 0.263 e. The molecule has 1 amide bonds. The molecule has 0 fully saturated rings. The Hall–Kier alpha value is -3.16. The van der Waals surface area contributed by atoms with Crippen molar-refractivity contribution < 1.29 is 4.79 Å². The molecule has 7 heteroatoms. The zero-order chi connectivity index (χ0) is 22.7. The number of amides is 1. The van der Waals surface area contributed by atoms with Crippen LogP contribution in [-0.2, 0) is 11.3 Å². The monoisotopic (exact) mass is 461 g/mol. The van der Waals surface area contributed by atoms with Crippen LogP contribution in [0.2, 0.25) is 0 Å². The highest BCUT2D eigenvalue weighted by Crippen LogP contribution is 2.32. The van der Waals surface area contributed by atoms with Crippen LogP contribution in [0.5, 0.6) is 0 Å². The summed E-state index contributed by atoms with van der Waals surface area (Å²) in [7, 11) is 0. The van der Waals surface area contributed by atoms with E-state index in [1.807, 2.05) is 67.8 Å². The summed E-state index contributed by atoms with van der Waals surface area (Å²) in [6.45, 7) is 8.10. The van der Waals surface area contributed by atoms with E-state index >= 15 is 0 Å². The Morgan fingerprint density at radius 1 is 1.19 bits per heavy atom. The third-order valence-corrected chi connectivity index (χ3v) is 7.11. The molecule has 4 rings (SSSR count). The summed E-state index contributed by atoms with van der Waals surface area (Å²) in [5.74, 6) is 0.0127. The number of thiophene rings is 1. The highest BCUT2D eigenvalue weighted by atomic mass is 32.2. The SMILES string of the molecule is C=CCn1c(SCC(=O)Nc2cccc(C)c2C)nc2scc(-c3ccccc3)c2c1=O. The number of nitrogens with zero attached hydrogens (tertiary/aromatic N) is 2. The lowest BCUT2D eigenvalue weighted by Crippen LogP contribution is -2.23. The highest BCUT2D eigenvalue weighted by Gasteiger charge is 2.18. The third kappa shape index (κ3) is 4.40. The van der Waals surface area contributed by atoms with Crippen LogP contribution in [0.25, 0.3) is 21.3 Å². The van der Waals surface area contributed by atoms with Gasteiger partial charge in [0.1, 0.15) is 4.83 Å². The fraction of sp³-hybridized carbons (Fsp3) is 0.160. The second-order valence-corrected chi connectivity index (χ2v) is 9.18. The first-order chi connectivity index (χ1) is 15.5. The molecule has 0 aliphatic rings. The summed E-state index contributed by atoms with van der Waals surface area (Å²) in [6.07, 6.45) is 1.67. The predicted octanol–water partition coefficient (Wildman–Crippen LogP) is 5.66. The van der Waals surface area contributed by atoms with Crippen LogP contribution in [0.3, 0.4) is 0 Å². The number of hydrogen-bond donors (Lipinski definition) is 1. The summed E-state index contributed by atoms with van der Waals surface area (Å²) >= 11 is 2.70. The quantitative estimate of drug-likeness (QED) is 0.219. The van der Waals surface area contributed by atoms with E-state index in [1.54, 1.807) is 10.6 Å². The minimum atomic E-state index is -0.139. The first kappa shape index (κ1) is 22.0. The zero-order valence-electron chi connectivity index (χ0n) is 17.9. The molecule has 5 nitrogen and oxygen atoms in total. The number of carbonyl (C=O) groups is 1. The Morgan fingerprint density at radius 3 is 2.72 bits per heavy atom. The molecule has 0 bridgehead atoms. The first-order valence-electron chi connectivity index (χ1n) is 10.2. The van der Waals surface area contributed by atoms with Gasteiger partial charge in [-0.1, -0.05) is 60.3 Å². The standard InChI is InChI=1S/C25H23N3O2S2/c1-4-13-28-24(30)22-19(18-10-6-5-7-11-18)14-31-23(22)27-25(28)32-15-21(29)26-20-12-8-9-16(2)17(20)3/h4-12,14H,1,13,15H2,2-3H3,(H,26,29). The molecule has 4 aromatic rings. The highest BCUT2D eigenvalue weighted by molar-refractivity contribution is 7.99. The second kappa shape index (κ2) is 9.54. The molecule has 0 radical (unpaired) electrons. The normalized spacial score (nSPS) is 10.9. The van der Waals surface area contributed by atoms with Gasteiger partial charge in [0, 0.05) is 23.2 Å². The van der Waals surface area contributed by atoms with Gasteiger partial charge in [0.05, 0.1) is 11.1 Å². The summed E-state index contributed by atoms with van der Waals surface area (Å²) in [6, 6.07) is 15.6. The third-order valence-electron chi connectivity index (χ3n) is 5.27. The molecule has 0 aliphatic carbocycles. The number of anilines is 1. The maximum atomic E-state index is 13.4. The molecule has 0 unspecified atom stereocenters. The van der Waals surface area contributed by atoms with Crippen molar-refractivity contribution in [3.8, 4) is 11.1 Å². The van der Waals surface area contributed by atoms with E-state index < -0.39 is 0 Å². The number of aromatic nitrogens is 2. The van der Waals surface area contributed by atoms with Crippen molar-refractivity contribution in [1.82, 2.24) is 9.55 Å². The van der Waals surface area contributed by atoms with Crippen LogP contribution in [-0.4, -0.2) is 21.2 Å².